The Bertz CT molecular complexity index is 1280. The minimum absolute atomic E-state index is 0.188. The van der Waals surface area contributed by atoms with E-state index in [-0.39, 0.29) is 5.41 Å². The number of hydrogen-bond donors (Lipinski definition) is 0. The van der Waals surface area contributed by atoms with Gasteiger partial charge in [0.25, 0.3) is 0 Å². The first-order chi connectivity index (χ1) is 15.3. The second-order valence-electron chi connectivity index (χ2n) is 9.54. The topological polar surface area (TPSA) is 73.4 Å². The number of rotatable bonds is 4. The number of nitrogens with zero attached hydrogens (tertiary/aromatic N) is 7. The molecule has 0 saturated carbocycles. The highest BCUT2D eigenvalue weighted by Gasteiger charge is 2.26. The van der Waals surface area contributed by atoms with Crippen molar-refractivity contribution in [3.05, 3.63) is 54.0 Å². The predicted molar refractivity (Wildman–Crippen MR) is 124 cm³/mol. The Morgan fingerprint density at radius 3 is 2.75 bits per heavy atom. The largest absolute Gasteiger partial charge is 0.481 e. The van der Waals surface area contributed by atoms with Crippen LogP contribution in [-0.4, -0.2) is 42.8 Å². The van der Waals surface area contributed by atoms with Gasteiger partial charge in [-0.3, -0.25) is 0 Å². The molecule has 0 radical (unpaired) electrons. The summed E-state index contributed by atoms with van der Waals surface area (Å²) in [4.78, 5) is 16.5. The highest BCUT2D eigenvalue weighted by molar-refractivity contribution is 5.80. The molecule has 1 aliphatic heterocycles. The van der Waals surface area contributed by atoms with E-state index < -0.39 is 0 Å². The van der Waals surface area contributed by atoms with Gasteiger partial charge in [0.2, 0.25) is 5.88 Å². The van der Waals surface area contributed by atoms with Gasteiger partial charge in [-0.15, -0.1) is 0 Å². The van der Waals surface area contributed by atoms with E-state index in [0.29, 0.717) is 5.88 Å². The molecule has 0 saturated heterocycles. The van der Waals surface area contributed by atoms with E-state index in [2.05, 4.69) is 47.2 Å². The second-order valence-corrected chi connectivity index (χ2v) is 9.54. The van der Waals surface area contributed by atoms with Crippen LogP contribution in [0.5, 0.6) is 5.88 Å². The number of anilines is 1. The maximum absolute atomic E-state index is 5.46. The molecule has 32 heavy (non-hydrogen) atoms. The lowest BCUT2D eigenvalue weighted by Crippen LogP contribution is -2.33. The predicted octanol–water partition coefficient (Wildman–Crippen LogP) is 3.91. The van der Waals surface area contributed by atoms with Gasteiger partial charge in [-0.25, -0.2) is 19.5 Å². The first-order valence-electron chi connectivity index (χ1n) is 11.0. The Kier molecular flexibility index (Phi) is 4.87. The summed E-state index contributed by atoms with van der Waals surface area (Å²) < 4.78 is 9.64. The van der Waals surface area contributed by atoms with E-state index in [1.54, 1.807) is 17.8 Å². The van der Waals surface area contributed by atoms with Gasteiger partial charge >= 0.3 is 0 Å². The minimum Gasteiger partial charge on any atom is -0.481 e. The van der Waals surface area contributed by atoms with Crippen LogP contribution in [0.25, 0.3) is 16.8 Å². The van der Waals surface area contributed by atoms with Gasteiger partial charge in [0.1, 0.15) is 11.6 Å². The van der Waals surface area contributed by atoms with Crippen LogP contribution >= 0.6 is 0 Å². The van der Waals surface area contributed by atoms with Gasteiger partial charge in [-0.05, 0) is 30.5 Å². The molecule has 0 aromatic carbocycles. The minimum atomic E-state index is 0.188. The van der Waals surface area contributed by atoms with Crippen LogP contribution in [0.2, 0.25) is 0 Å². The molecular formula is C24H29N7O. The number of aromatic nitrogens is 6. The fourth-order valence-corrected chi connectivity index (χ4v) is 4.41. The lowest BCUT2D eigenvalue weighted by Gasteiger charge is -2.30. The zero-order chi connectivity index (χ0) is 22.5. The zero-order valence-electron chi connectivity index (χ0n) is 19.3. The van der Waals surface area contributed by atoms with Crippen molar-refractivity contribution in [3.8, 4) is 17.0 Å². The van der Waals surface area contributed by atoms with Crippen LogP contribution in [0.3, 0.4) is 0 Å². The quantitative estimate of drug-likeness (QED) is 0.488. The first-order valence-corrected chi connectivity index (χ1v) is 11.0. The molecular weight excluding hydrogens is 402 g/mol. The van der Waals surface area contributed by atoms with Gasteiger partial charge < -0.3 is 14.2 Å². The van der Waals surface area contributed by atoms with E-state index in [0.717, 1.165) is 54.5 Å². The number of aryl methyl sites for hydroxylation is 1. The maximum atomic E-state index is 5.46. The third-order valence-electron chi connectivity index (χ3n) is 5.87. The summed E-state index contributed by atoms with van der Waals surface area (Å²) in [6.07, 6.45) is 6.43. The number of pyridine rings is 1. The van der Waals surface area contributed by atoms with Crippen LogP contribution in [0.15, 0.2) is 36.8 Å². The third kappa shape index (κ3) is 3.59. The third-order valence-corrected chi connectivity index (χ3v) is 5.87. The number of methoxy groups -OCH3 is 1. The Balaban J connectivity index is 1.52. The molecule has 4 aromatic rings. The zero-order valence-corrected chi connectivity index (χ0v) is 19.3. The lowest BCUT2D eigenvalue weighted by molar-refractivity contribution is 0.333. The fraction of sp³-hybridized carbons (Fsp3) is 0.417. The molecule has 5 rings (SSSR count). The number of imidazole rings is 1. The smallest absolute Gasteiger partial charge is 0.221 e. The molecule has 0 atom stereocenters. The summed E-state index contributed by atoms with van der Waals surface area (Å²) in [5.74, 6) is 2.60. The van der Waals surface area contributed by atoms with Gasteiger partial charge in [-0.1, -0.05) is 20.8 Å². The van der Waals surface area contributed by atoms with Crippen molar-refractivity contribution in [1.82, 2.24) is 29.1 Å². The number of hydrogen-bond acceptors (Lipinski definition) is 6. The second kappa shape index (κ2) is 7.62. The molecule has 4 aromatic heterocycles. The maximum Gasteiger partial charge on any atom is 0.221 e. The standard InChI is InChI=1S/C24H29N7O/c1-16-27-19-8-11-29(14-20(19)30(16)15-24(2,3)4)21-9-12-31-22(28-21)18(13-26-31)17-7-6-10-25-23(17)32-5/h6-7,9-10,12-13H,8,11,14-15H2,1-5H3. The van der Waals surface area contributed by atoms with Crippen LogP contribution < -0.4 is 9.64 Å². The van der Waals surface area contributed by atoms with E-state index in [1.807, 2.05) is 30.6 Å². The molecule has 0 fully saturated rings. The van der Waals surface area contributed by atoms with Crippen molar-refractivity contribution >= 4 is 11.5 Å². The SMILES string of the molecule is COc1ncccc1-c1cnn2ccc(N3CCc4nc(C)n(CC(C)(C)C)c4C3)nc12. The Hall–Kier alpha value is -3.42. The van der Waals surface area contributed by atoms with Crippen molar-refractivity contribution in [3.63, 3.8) is 0 Å². The van der Waals surface area contributed by atoms with Crippen LogP contribution in [0.4, 0.5) is 5.82 Å². The monoisotopic (exact) mass is 431 g/mol. The van der Waals surface area contributed by atoms with Crippen LogP contribution in [0.1, 0.15) is 38.0 Å². The fourth-order valence-electron chi connectivity index (χ4n) is 4.41. The van der Waals surface area contributed by atoms with Crippen molar-refractivity contribution in [1.29, 1.82) is 0 Å². The Morgan fingerprint density at radius 1 is 1.12 bits per heavy atom. The molecule has 166 valence electrons. The summed E-state index contributed by atoms with van der Waals surface area (Å²) in [7, 11) is 1.63. The molecule has 1 aliphatic rings. The Morgan fingerprint density at radius 2 is 1.97 bits per heavy atom. The highest BCUT2D eigenvalue weighted by atomic mass is 16.5. The van der Waals surface area contributed by atoms with Crippen LogP contribution in [-0.2, 0) is 19.5 Å². The van der Waals surface area contributed by atoms with Crippen molar-refractivity contribution in [2.45, 2.75) is 47.2 Å². The summed E-state index contributed by atoms with van der Waals surface area (Å²) >= 11 is 0. The van der Waals surface area contributed by atoms with Gasteiger partial charge in [0.15, 0.2) is 5.65 Å². The summed E-state index contributed by atoms with van der Waals surface area (Å²) in [5.41, 5.74) is 5.28. The molecule has 0 bridgehead atoms. The summed E-state index contributed by atoms with van der Waals surface area (Å²) in [5, 5.41) is 4.49. The molecule has 5 heterocycles. The van der Waals surface area contributed by atoms with E-state index in [4.69, 9.17) is 14.7 Å². The molecule has 0 unspecified atom stereocenters. The normalized spacial score (nSPS) is 14.1. The average Bonchev–Trinajstić information content (AvgIpc) is 3.32. The highest BCUT2D eigenvalue weighted by Crippen LogP contribution is 2.32. The van der Waals surface area contributed by atoms with Crippen molar-refractivity contribution in [2.75, 3.05) is 18.6 Å². The summed E-state index contributed by atoms with van der Waals surface area (Å²) in [6, 6.07) is 5.92. The van der Waals surface area contributed by atoms with E-state index in [1.165, 1.54) is 11.4 Å². The first kappa shape index (κ1) is 20.5. The molecule has 0 aliphatic carbocycles. The molecule has 0 N–H and O–H groups in total. The molecule has 8 nitrogen and oxygen atoms in total. The van der Waals surface area contributed by atoms with E-state index in [9.17, 15) is 0 Å². The number of fused-ring (bicyclic) bond motifs is 2. The Labute approximate surface area is 187 Å². The van der Waals surface area contributed by atoms with Crippen LogP contribution in [0, 0.1) is 12.3 Å². The van der Waals surface area contributed by atoms with E-state index >= 15 is 0 Å². The molecule has 8 heteroatoms. The molecule has 0 amide bonds. The number of ether oxygens (including phenoxy) is 1. The summed E-state index contributed by atoms with van der Waals surface area (Å²) in [6.45, 7) is 11.6. The molecule has 0 spiro atoms. The van der Waals surface area contributed by atoms with Crippen molar-refractivity contribution in [2.24, 2.45) is 5.41 Å². The lowest BCUT2D eigenvalue weighted by atomic mass is 9.96. The van der Waals surface area contributed by atoms with Crippen molar-refractivity contribution < 1.29 is 4.74 Å². The average molecular weight is 432 g/mol. The van der Waals surface area contributed by atoms with Gasteiger partial charge in [-0.2, -0.15) is 5.10 Å². The van der Waals surface area contributed by atoms with Gasteiger partial charge in [0.05, 0.1) is 36.8 Å². The van der Waals surface area contributed by atoms with Gasteiger partial charge in [0, 0.05) is 37.5 Å².